The summed E-state index contributed by atoms with van der Waals surface area (Å²) in [5.41, 5.74) is -2.20. The molecule has 0 heterocycles. The van der Waals surface area contributed by atoms with E-state index in [-0.39, 0.29) is 24.6 Å². The minimum Gasteiger partial charge on any atom is -0.480 e. The molecule has 0 unspecified atom stereocenters. The number of benzene rings is 2. The second-order valence-electron chi connectivity index (χ2n) is 6.73. The number of aliphatic carboxylic acids is 1. The van der Waals surface area contributed by atoms with Crippen LogP contribution in [0.5, 0.6) is 0 Å². The van der Waals surface area contributed by atoms with Gasteiger partial charge < -0.3 is 10.4 Å². The predicted molar refractivity (Wildman–Crippen MR) is 95.0 cm³/mol. The third-order valence-electron chi connectivity index (χ3n) is 4.51. The van der Waals surface area contributed by atoms with Crippen LogP contribution < -0.4 is 5.32 Å². The summed E-state index contributed by atoms with van der Waals surface area (Å²) in [6, 6.07) is 4.01. The van der Waals surface area contributed by atoms with Gasteiger partial charge in [0, 0.05) is 12.0 Å². The van der Waals surface area contributed by atoms with E-state index in [9.17, 15) is 41.0 Å². The fourth-order valence-electron chi connectivity index (χ4n) is 2.90. The van der Waals surface area contributed by atoms with Crippen molar-refractivity contribution in [3.05, 3.63) is 69.8 Å². The molecule has 162 valence electrons. The van der Waals surface area contributed by atoms with E-state index in [2.05, 4.69) is 0 Å². The second-order valence-corrected chi connectivity index (χ2v) is 6.73. The number of rotatable bonds is 5. The molecule has 2 rings (SSSR count). The minimum atomic E-state index is -5.12. The Morgan fingerprint density at radius 2 is 1.40 bits per heavy atom. The molecule has 2 aromatic rings. The normalized spacial score (nSPS) is 13.1. The van der Waals surface area contributed by atoms with Gasteiger partial charge in [-0.2, -0.15) is 26.3 Å². The number of amides is 1. The summed E-state index contributed by atoms with van der Waals surface area (Å²) >= 11 is 0. The minimum absolute atomic E-state index is 0.109. The zero-order valence-electron chi connectivity index (χ0n) is 15.8. The van der Waals surface area contributed by atoms with Crippen LogP contribution >= 0.6 is 0 Å². The lowest BCUT2D eigenvalue weighted by Gasteiger charge is -2.19. The maximum absolute atomic E-state index is 13.0. The highest BCUT2D eigenvalue weighted by Crippen LogP contribution is 2.36. The molecular formula is C20H17F6NO3. The number of carboxylic acids is 1. The van der Waals surface area contributed by atoms with Gasteiger partial charge in [-0.1, -0.05) is 18.2 Å². The number of aryl methyl sites for hydroxylation is 2. The van der Waals surface area contributed by atoms with Crippen LogP contribution in [0.25, 0.3) is 0 Å². The van der Waals surface area contributed by atoms with Crippen molar-refractivity contribution in [3.8, 4) is 0 Å². The van der Waals surface area contributed by atoms with E-state index < -0.39 is 47.0 Å². The van der Waals surface area contributed by atoms with Gasteiger partial charge in [0.15, 0.2) is 0 Å². The molecule has 1 atom stereocenters. The first-order chi connectivity index (χ1) is 13.7. The molecule has 0 spiro atoms. The molecule has 0 aromatic heterocycles. The molecule has 0 aliphatic carbocycles. The van der Waals surface area contributed by atoms with Crippen LogP contribution in [0.1, 0.15) is 38.2 Å². The number of halogens is 6. The van der Waals surface area contributed by atoms with Crippen molar-refractivity contribution in [1.29, 1.82) is 0 Å². The van der Waals surface area contributed by atoms with E-state index in [4.69, 9.17) is 0 Å². The first-order valence-electron chi connectivity index (χ1n) is 8.58. The number of hydrogen-bond donors (Lipinski definition) is 2. The summed E-state index contributed by atoms with van der Waals surface area (Å²) < 4.78 is 77.8. The number of carboxylic acid groups (broad SMARTS) is 1. The maximum atomic E-state index is 13.0. The highest BCUT2D eigenvalue weighted by atomic mass is 19.4. The van der Waals surface area contributed by atoms with E-state index in [0.29, 0.717) is 5.56 Å². The van der Waals surface area contributed by atoms with Crippen molar-refractivity contribution in [2.24, 2.45) is 0 Å². The van der Waals surface area contributed by atoms with Gasteiger partial charge in [-0.15, -0.1) is 0 Å². The van der Waals surface area contributed by atoms with Crippen LogP contribution in [-0.2, 0) is 23.6 Å². The summed E-state index contributed by atoms with van der Waals surface area (Å²) in [5, 5.41) is 11.4. The van der Waals surface area contributed by atoms with Crippen molar-refractivity contribution in [1.82, 2.24) is 5.32 Å². The van der Waals surface area contributed by atoms with Gasteiger partial charge >= 0.3 is 18.3 Å². The van der Waals surface area contributed by atoms with E-state index in [1.165, 1.54) is 0 Å². The lowest BCUT2D eigenvalue weighted by atomic mass is 9.96. The molecule has 0 fully saturated rings. The van der Waals surface area contributed by atoms with Gasteiger partial charge in [0.2, 0.25) is 0 Å². The van der Waals surface area contributed by atoms with Crippen molar-refractivity contribution in [2.45, 2.75) is 38.7 Å². The molecule has 4 nitrogen and oxygen atoms in total. The lowest BCUT2D eigenvalue weighted by molar-refractivity contribution is -0.143. The van der Waals surface area contributed by atoms with Gasteiger partial charge in [-0.05, 0) is 48.7 Å². The van der Waals surface area contributed by atoms with Crippen molar-refractivity contribution in [2.75, 3.05) is 0 Å². The third-order valence-corrected chi connectivity index (χ3v) is 4.51. The van der Waals surface area contributed by atoms with Crippen LogP contribution in [0.3, 0.4) is 0 Å². The smallest absolute Gasteiger partial charge is 0.416 e. The van der Waals surface area contributed by atoms with Gasteiger partial charge in [0.1, 0.15) is 6.04 Å². The molecule has 0 saturated heterocycles. The fourth-order valence-corrected chi connectivity index (χ4v) is 2.90. The Kier molecular flexibility index (Phi) is 6.48. The lowest BCUT2D eigenvalue weighted by Crippen LogP contribution is -2.42. The molecule has 0 aliphatic heterocycles. The number of carbonyl (C=O) groups is 2. The SMILES string of the molecule is Cc1cccc(C)c1C[C@@H](NC(=O)c1cc(C(F)(F)F)cc(C(F)(F)F)c1)C(=O)O. The molecule has 1 amide bonds. The van der Waals surface area contributed by atoms with Crippen LogP contribution in [0.4, 0.5) is 26.3 Å². The average molecular weight is 433 g/mol. The Morgan fingerprint density at radius 3 is 1.80 bits per heavy atom. The average Bonchev–Trinajstić information content (AvgIpc) is 2.61. The van der Waals surface area contributed by atoms with Crippen molar-refractivity contribution >= 4 is 11.9 Å². The van der Waals surface area contributed by atoms with E-state index in [1.807, 2.05) is 5.32 Å². The number of nitrogens with one attached hydrogen (secondary N) is 1. The number of carbonyl (C=O) groups excluding carboxylic acids is 1. The predicted octanol–water partition coefficient (Wildman–Crippen LogP) is 4.77. The van der Waals surface area contributed by atoms with Crippen LogP contribution in [0, 0.1) is 13.8 Å². The standard InChI is InChI=1S/C20H17F6NO3/c1-10-4-3-5-11(2)15(10)9-16(18(29)30)27-17(28)12-6-13(19(21,22)23)8-14(7-12)20(24,25)26/h3-8,16H,9H2,1-2H3,(H,27,28)(H,29,30)/t16-/m1/s1. The largest absolute Gasteiger partial charge is 0.480 e. The van der Waals surface area contributed by atoms with Crippen LogP contribution in [0.15, 0.2) is 36.4 Å². The molecule has 10 heteroatoms. The van der Waals surface area contributed by atoms with Crippen molar-refractivity contribution < 1.29 is 41.0 Å². The molecular weight excluding hydrogens is 416 g/mol. The first-order valence-corrected chi connectivity index (χ1v) is 8.58. The molecule has 2 N–H and O–H groups in total. The zero-order chi connectivity index (χ0) is 22.9. The Morgan fingerprint density at radius 1 is 0.933 bits per heavy atom. The van der Waals surface area contributed by atoms with E-state index in [1.54, 1.807) is 32.0 Å². The third kappa shape index (κ3) is 5.52. The summed E-state index contributed by atoms with van der Waals surface area (Å²) in [6.45, 7) is 3.43. The Bertz CT molecular complexity index is 913. The Labute approximate surface area is 167 Å². The Balaban J connectivity index is 2.39. The summed E-state index contributed by atoms with van der Waals surface area (Å²) in [5.74, 6) is -2.83. The number of hydrogen-bond acceptors (Lipinski definition) is 2. The quantitative estimate of drug-likeness (QED) is 0.668. The zero-order valence-corrected chi connectivity index (χ0v) is 15.8. The van der Waals surface area contributed by atoms with Crippen LogP contribution in [0.2, 0.25) is 0 Å². The molecule has 2 aromatic carbocycles. The summed E-state index contributed by atoms with van der Waals surface area (Å²) in [4.78, 5) is 23.9. The van der Waals surface area contributed by atoms with Crippen LogP contribution in [-0.4, -0.2) is 23.0 Å². The highest BCUT2D eigenvalue weighted by Gasteiger charge is 2.37. The molecule has 30 heavy (non-hydrogen) atoms. The highest BCUT2D eigenvalue weighted by molar-refractivity contribution is 5.97. The molecule has 0 saturated carbocycles. The Hall–Kier alpha value is -3.04. The topological polar surface area (TPSA) is 66.4 Å². The maximum Gasteiger partial charge on any atom is 0.416 e. The van der Waals surface area contributed by atoms with Gasteiger partial charge in [-0.3, -0.25) is 4.79 Å². The summed E-state index contributed by atoms with van der Waals surface area (Å²) in [7, 11) is 0. The van der Waals surface area contributed by atoms with Gasteiger partial charge in [0.25, 0.3) is 5.91 Å². The van der Waals surface area contributed by atoms with E-state index >= 15 is 0 Å². The first kappa shape index (κ1) is 23.2. The van der Waals surface area contributed by atoms with Gasteiger partial charge in [-0.25, -0.2) is 4.79 Å². The van der Waals surface area contributed by atoms with E-state index in [0.717, 1.165) is 11.1 Å². The number of alkyl halides is 6. The summed E-state index contributed by atoms with van der Waals surface area (Å²) in [6.07, 6.45) is -10.4. The molecule has 0 aliphatic rings. The second kappa shape index (κ2) is 8.37. The van der Waals surface area contributed by atoms with Crippen molar-refractivity contribution in [3.63, 3.8) is 0 Å². The molecule has 0 radical (unpaired) electrons. The fraction of sp³-hybridized carbons (Fsp3) is 0.300. The monoisotopic (exact) mass is 433 g/mol. The van der Waals surface area contributed by atoms with Gasteiger partial charge in [0.05, 0.1) is 11.1 Å². The molecule has 0 bridgehead atoms.